The lowest BCUT2D eigenvalue weighted by molar-refractivity contribution is -0.142. The number of ether oxygens (including phenoxy) is 1. The molecule has 2 rings (SSSR count). The Bertz CT molecular complexity index is 885. The molecular formula is C24H31FN2O3. The summed E-state index contributed by atoms with van der Waals surface area (Å²) in [7, 11) is 0. The number of nitrogens with one attached hydrogen (secondary N) is 1. The van der Waals surface area contributed by atoms with Crippen LogP contribution in [0.15, 0.2) is 42.5 Å². The van der Waals surface area contributed by atoms with Crippen molar-refractivity contribution < 1.29 is 18.7 Å². The summed E-state index contributed by atoms with van der Waals surface area (Å²) in [5.41, 5.74) is 2.36. The number of halogens is 1. The monoisotopic (exact) mass is 414 g/mol. The van der Waals surface area contributed by atoms with E-state index in [1.807, 2.05) is 39.8 Å². The third-order valence-corrected chi connectivity index (χ3v) is 5.37. The van der Waals surface area contributed by atoms with Crippen molar-refractivity contribution in [3.8, 4) is 5.75 Å². The molecule has 30 heavy (non-hydrogen) atoms. The number of benzene rings is 2. The van der Waals surface area contributed by atoms with Crippen LogP contribution in [-0.4, -0.2) is 35.4 Å². The first-order valence-corrected chi connectivity index (χ1v) is 10.3. The van der Waals surface area contributed by atoms with E-state index in [1.54, 1.807) is 31.2 Å². The molecule has 2 aromatic rings. The summed E-state index contributed by atoms with van der Waals surface area (Å²) in [6, 6.07) is 11.1. The van der Waals surface area contributed by atoms with Crippen LogP contribution < -0.4 is 10.1 Å². The third kappa shape index (κ3) is 6.05. The van der Waals surface area contributed by atoms with Gasteiger partial charge in [0.15, 0.2) is 6.61 Å². The second-order valence-corrected chi connectivity index (χ2v) is 7.59. The number of aryl methyl sites for hydroxylation is 1. The van der Waals surface area contributed by atoms with Gasteiger partial charge in [-0.05, 0) is 57.4 Å². The van der Waals surface area contributed by atoms with Gasteiger partial charge >= 0.3 is 0 Å². The van der Waals surface area contributed by atoms with Crippen LogP contribution >= 0.6 is 0 Å². The Morgan fingerprint density at radius 1 is 1.10 bits per heavy atom. The molecule has 1 N–H and O–H groups in total. The van der Waals surface area contributed by atoms with E-state index in [9.17, 15) is 14.0 Å². The van der Waals surface area contributed by atoms with Crippen LogP contribution in [0.4, 0.5) is 4.39 Å². The van der Waals surface area contributed by atoms with E-state index in [2.05, 4.69) is 5.32 Å². The van der Waals surface area contributed by atoms with E-state index in [1.165, 1.54) is 11.0 Å². The number of hydrogen-bond acceptors (Lipinski definition) is 3. The molecule has 5 nitrogen and oxygen atoms in total. The second-order valence-electron chi connectivity index (χ2n) is 7.59. The van der Waals surface area contributed by atoms with E-state index in [-0.39, 0.29) is 31.0 Å². The standard InChI is InChI=1S/C24H31FN2O3/c1-6-17(3)26-24(29)19(5)27(14-20-11-7-8-12-21(20)25)23(28)15-30-22-13-9-10-16(2)18(22)4/h7-13,17,19H,6,14-15H2,1-5H3,(H,26,29)/t17-,19-/m1/s1. The molecule has 0 aliphatic heterocycles. The first kappa shape index (κ1) is 23.4. The van der Waals surface area contributed by atoms with Crippen molar-refractivity contribution in [2.24, 2.45) is 0 Å². The highest BCUT2D eigenvalue weighted by atomic mass is 19.1. The summed E-state index contributed by atoms with van der Waals surface area (Å²) in [5, 5.41) is 2.89. The Morgan fingerprint density at radius 2 is 1.80 bits per heavy atom. The maximum atomic E-state index is 14.2. The van der Waals surface area contributed by atoms with Crippen LogP contribution in [0, 0.1) is 19.7 Å². The molecule has 2 amide bonds. The third-order valence-electron chi connectivity index (χ3n) is 5.37. The van der Waals surface area contributed by atoms with Crippen molar-refractivity contribution in [1.29, 1.82) is 0 Å². The topological polar surface area (TPSA) is 58.6 Å². The van der Waals surface area contributed by atoms with E-state index in [4.69, 9.17) is 4.74 Å². The van der Waals surface area contributed by atoms with Crippen molar-refractivity contribution in [2.45, 2.75) is 59.7 Å². The van der Waals surface area contributed by atoms with Crippen molar-refractivity contribution in [2.75, 3.05) is 6.61 Å². The normalized spacial score (nSPS) is 12.7. The van der Waals surface area contributed by atoms with Crippen LogP contribution in [0.5, 0.6) is 5.75 Å². The predicted molar refractivity (Wildman–Crippen MR) is 116 cm³/mol. The fourth-order valence-electron chi connectivity index (χ4n) is 2.96. The van der Waals surface area contributed by atoms with Crippen molar-refractivity contribution in [1.82, 2.24) is 10.2 Å². The van der Waals surface area contributed by atoms with Gasteiger partial charge in [-0.15, -0.1) is 0 Å². The molecule has 162 valence electrons. The molecule has 0 spiro atoms. The van der Waals surface area contributed by atoms with Crippen molar-refractivity contribution >= 4 is 11.8 Å². The molecule has 2 atom stereocenters. The molecule has 0 aliphatic rings. The van der Waals surface area contributed by atoms with Gasteiger partial charge < -0.3 is 15.0 Å². The molecule has 0 unspecified atom stereocenters. The molecule has 0 saturated heterocycles. The SMILES string of the molecule is CC[C@@H](C)NC(=O)[C@@H](C)N(Cc1ccccc1F)C(=O)COc1cccc(C)c1C. The highest BCUT2D eigenvalue weighted by Crippen LogP contribution is 2.21. The fraction of sp³-hybridized carbons (Fsp3) is 0.417. The number of carbonyl (C=O) groups is 2. The Kier molecular flexibility index (Phi) is 8.39. The Balaban J connectivity index is 2.20. The van der Waals surface area contributed by atoms with Crippen LogP contribution in [0.2, 0.25) is 0 Å². The molecule has 2 aromatic carbocycles. The van der Waals surface area contributed by atoms with E-state index in [0.717, 1.165) is 17.5 Å². The zero-order valence-electron chi connectivity index (χ0n) is 18.4. The van der Waals surface area contributed by atoms with Crippen molar-refractivity contribution in [3.63, 3.8) is 0 Å². The molecule has 0 aromatic heterocycles. The maximum absolute atomic E-state index is 14.2. The van der Waals surface area contributed by atoms with Gasteiger partial charge in [0, 0.05) is 18.2 Å². The minimum absolute atomic E-state index is 0.0171. The zero-order valence-corrected chi connectivity index (χ0v) is 18.4. The van der Waals surface area contributed by atoms with E-state index >= 15 is 0 Å². The molecular weight excluding hydrogens is 383 g/mol. The molecule has 0 saturated carbocycles. The van der Waals surface area contributed by atoms with Crippen LogP contribution in [-0.2, 0) is 16.1 Å². The minimum Gasteiger partial charge on any atom is -0.483 e. The molecule has 0 fully saturated rings. The summed E-state index contributed by atoms with van der Waals surface area (Å²) in [6.45, 7) is 9.16. The van der Waals surface area contributed by atoms with Gasteiger partial charge in [0.05, 0.1) is 0 Å². The molecule has 0 radical (unpaired) electrons. The first-order valence-electron chi connectivity index (χ1n) is 10.3. The number of nitrogens with zero attached hydrogens (tertiary/aromatic N) is 1. The average molecular weight is 415 g/mol. The highest BCUT2D eigenvalue weighted by Gasteiger charge is 2.28. The summed E-state index contributed by atoms with van der Waals surface area (Å²) in [5.74, 6) is -0.460. The van der Waals surface area contributed by atoms with Gasteiger partial charge in [0.1, 0.15) is 17.6 Å². The maximum Gasteiger partial charge on any atom is 0.261 e. The summed E-state index contributed by atoms with van der Waals surface area (Å²) in [4.78, 5) is 27.1. The van der Waals surface area contributed by atoms with Crippen molar-refractivity contribution in [3.05, 3.63) is 65.0 Å². The Morgan fingerprint density at radius 3 is 2.47 bits per heavy atom. The molecule has 0 bridgehead atoms. The zero-order chi connectivity index (χ0) is 22.3. The van der Waals surface area contributed by atoms with Crippen LogP contribution in [0.1, 0.15) is 43.9 Å². The van der Waals surface area contributed by atoms with Gasteiger partial charge in [0.25, 0.3) is 5.91 Å². The predicted octanol–water partition coefficient (Wildman–Crippen LogP) is 4.15. The average Bonchev–Trinajstić information content (AvgIpc) is 2.73. The van der Waals surface area contributed by atoms with Gasteiger partial charge in [-0.3, -0.25) is 9.59 Å². The van der Waals surface area contributed by atoms with Gasteiger partial charge in [-0.25, -0.2) is 4.39 Å². The van der Waals surface area contributed by atoms with Gasteiger partial charge in [-0.1, -0.05) is 37.3 Å². The van der Waals surface area contributed by atoms with Crippen LogP contribution in [0.3, 0.4) is 0 Å². The quantitative estimate of drug-likeness (QED) is 0.671. The second kappa shape index (κ2) is 10.8. The van der Waals surface area contributed by atoms with Gasteiger partial charge in [-0.2, -0.15) is 0 Å². The van der Waals surface area contributed by atoms with Crippen LogP contribution in [0.25, 0.3) is 0 Å². The lowest BCUT2D eigenvalue weighted by Gasteiger charge is -2.29. The minimum atomic E-state index is -0.770. The lowest BCUT2D eigenvalue weighted by atomic mass is 10.1. The number of amides is 2. The first-order chi connectivity index (χ1) is 14.2. The Hall–Kier alpha value is -2.89. The van der Waals surface area contributed by atoms with E-state index < -0.39 is 11.9 Å². The van der Waals surface area contributed by atoms with Gasteiger partial charge in [0.2, 0.25) is 5.91 Å². The summed E-state index contributed by atoms with van der Waals surface area (Å²) in [6.07, 6.45) is 0.773. The molecule has 0 heterocycles. The van der Waals surface area contributed by atoms with E-state index in [0.29, 0.717) is 11.3 Å². The Labute approximate surface area is 178 Å². The summed E-state index contributed by atoms with van der Waals surface area (Å²) < 4.78 is 20.0. The smallest absolute Gasteiger partial charge is 0.261 e. The summed E-state index contributed by atoms with van der Waals surface area (Å²) >= 11 is 0. The number of hydrogen-bond donors (Lipinski definition) is 1. The number of rotatable bonds is 9. The highest BCUT2D eigenvalue weighted by molar-refractivity contribution is 5.88. The molecule has 6 heteroatoms. The fourth-order valence-corrected chi connectivity index (χ4v) is 2.96. The molecule has 0 aliphatic carbocycles. The number of carbonyl (C=O) groups excluding carboxylic acids is 2. The largest absolute Gasteiger partial charge is 0.483 e. The lowest BCUT2D eigenvalue weighted by Crippen LogP contribution is -2.50.